The van der Waals surface area contributed by atoms with E-state index >= 15 is 0 Å². The number of aldehydes is 1. The van der Waals surface area contributed by atoms with Gasteiger partial charge in [0.15, 0.2) is 6.29 Å². The number of hydrogen-bond acceptors (Lipinski definition) is 6. The second-order valence-corrected chi connectivity index (χ2v) is 6.67. The summed E-state index contributed by atoms with van der Waals surface area (Å²) >= 11 is 0. The van der Waals surface area contributed by atoms with E-state index in [0.717, 1.165) is 0 Å². The van der Waals surface area contributed by atoms with Gasteiger partial charge in [-0.3, -0.25) is 4.79 Å². The summed E-state index contributed by atoms with van der Waals surface area (Å²) in [6.45, 7) is 5.36. The minimum absolute atomic E-state index is 0.0754. The average Bonchev–Trinajstić information content (AvgIpc) is 2.96. The lowest BCUT2D eigenvalue weighted by Gasteiger charge is -2.26. The monoisotopic (exact) mass is 334 g/mol. The Morgan fingerprint density at radius 2 is 2.12 bits per heavy atom. The summed E-state index contributed by atoms with van der Waals surface area (Å²) in [5, 5.41) is 16.9. The smallest absolute Gasteiger partial charge is 0.407 e. The van der Waals surface area contributed by atoms with E-state index < -0.39 is 23.4 Å². The number of amides is 1. The van der Waals surface area contributed by atoms with Crippen molar-refractivity contribution in [1.82, 2.24) is 5.32 Å². The van der Waals surface area contributed by atoms with E-state index in [4.69, 9.17) is 9.57 Å². The highest BCUT2D eigenvalue weighted by Crippen LogP contribution is 2.35. The van der Waals surface area contributed by atoms with Crippen LogP contribution in [0.4, 0.5) is 4.79 Å². The first-order chi connectivity index (χ1) is 11.3. The Morgan fingerprint density at radius 1 is 1.46 bits per heavy atom. The van der Waals surface area contributed by atoms with Crippen LogP contribution in [0.2, 0.25) is 0 Å². The molecule has 0 saturated heterocycles. The van der Waals surface area contributed by atoms with Gasteiger partial charge < -0.3 is 20.0 Å². The molecule has 1 aromatic carbocycles. The van der Waals surface area contributed by atoms with E-state index in [-0.39, 0.29) is 13.0 Å². The molecule has 2 rings (SSSR count). The van der Waals surface area contributed by atoms with Gasteiger partial charge in [0.05, 0.1) is 12.3 Å². The molecule has 1 amide bonds. The molecule has 0 fully saturated rings. The van der Waals surface area contributed by atoms with Gasteiger partial charge in [0.2, 0.25) is 5.60 Å². The van der Waals surface area contributed by atoms with Gasteiger partial charge in [-0.05, 0) is 26.3 Å². The van der Waals surface area contributed by atoms with Crippen LogP contribution in [0.5, 0.6) is 0 Å². The van der Waals surface area contributed by atoms with Crippen LogP contribution < -0.4 is 5.32 Å². The third-order valence-electron chi connectivity index (χ3n) is 3.44. The first-order valence-corrected chi connectivity index (χ1v) is 7.66. The third-order valence-corrected chi connectivity index (χ3v) is 3.44. The molecule has 2 atom stereocenters. The lowest BCUT2D eigenvalue weighted by molar-refractivity contribution is -0.145. The predicted octanol–water partition coefficient (Wildman–Crippen LogP) is 1.96. The van der Waals surface area contributed by atoms with E-state index in [1.807, 2.05) is 6.07 Å². The summed E-state index contributed by atoms with van der Waals surface area (Å²) in [5.74, 6) is 0. The highest BCUT2D eigenvalue weighted by Gasteiger charge is 2.46. The molecule has 1 aliphatic heterocycles. The molecule has 1 aromatic rings. The van der Waals surface area contributed by atoms with E-state index in [2.05, 4.69) is 10.5 Å². The number of carbonyl (C=O) groups is 2. The number of aliphatic hydroxyl groups excluding tert-OH is 1. The van der Waals surface area contributed by atoms with E-state index in [1.165, 1.54) is 0 Å². The predicted molar refractivity (Wildman–Crippen MR) is 87.6 cm³/mol. The Hall–Kier alpha value is -2.41. The molecule has 7 heteroatoms. The molecule has 0 spiro atoms. The Bertz CT molecular complexity index is 624. The van der Waals surface area contributed by atoms with Gasteiger partial charge in [-0.2, -0.15) is 0 Å². The lowest BCUT2D eigenvalue weighted by Crippen LogP contribution is -2.40. The average molecular weight is 334 g/mol. The molecule has 0 aromatic heterocycles. The topological polar surface area (TPSA) is 97.2 Å². The molecule has 24 heavy (non-hydrogen) atoms. The molecule has 0 saturated carbocycles. The summed E-state index contributed by atoms with van der Waals surface area (Å²) in [5.41, 5.74) is -1.08. The third kappa shape index (κ3) is 4.32. The van der Waals surface area contributed by atoms with Crippen molar-refractivity contribution < 1.29 is 24.3 Å². The summed E-state index contributed by atoms with van der Waals surface area (Å²) in [7, 11) is 0. The minimum Gasteiger partial charge on any atom is -0.444 e. The second-order valence-electron chi connectivity index (χ2n) is 6.67. The molecule has 1 aliphatic rings. The van der Waals surface area contributed by atoms with Crippen molar-refractivity contribution in [2.24, 2.45) is 5.16 Å². The van der Waals surface area contributed by atoms with Crippen molar-refractivity contribution in [2.75, 3.05) is 6.54 Å². The first kappa shape index (κ1) is 17.9. The van der Waals surface area contributed by atoms with E-state index in [1.54, 1.807) is 45.0 Å². The maximum atomic E-state index is 11.7. The SMILES string of the molecule is CC(C)(C)OC(=O)NCC1=NOC(C=O)(C(O)c2ccccc2)C1. The summed E-state index contributed by atoms with van der Waals surface area (Å²) in [6.07, 6.45) is -1.10. The zero-order valence-electron chi connectivity index (χ0n) is 14.0. The van der Waals surface area contributed by atoms with Crippen LogP contribution in [0.3, 0.4) is 0 Å². The Balaban J connectivity index is 1.96. The number of ether oxygens (including phenoxy) is 1. The van der Waals surface area contributed by atoms with E-state index in [9.17, 15) is 14.7 Å². The van der Waals surface area contributed by atoms with Gasteiger partial charge in [0.25, 0.3) is 0 Å². The summed E-state index contributed by atoms with van der Waals surface area (Å²) in [4.78, 5) is 28.4. The van der Waals surface area contributed by atoms with Gasteiger partial charge in [-0.25, -0.2) is 4.79 Å². The number of nitrogens with zero attached hydrogens (tertiary/aromatic N) is 1. The van der Waals surface area contributed by atoms with Gasteiger partial charge >= 0.3 is 6.09 Å². The normalized spacial score (nSPS) is 21.4. The van der Waals surface area contributed by atoms with Crippen molar-refractivity contribution in [3.05, 3.63) is 35.9 Å². The summed E-state index contributed by atoms with van der Waals surface area (Å²) < 4.78 is 5.13. The number of aliphatic hydroxyl groups is 1. The van der Waals surface area contributed by atoms with Gasteiger partial charge in [0, 0.05) is 6.42 Å². The fourth-order valence-electron chi connectivity index (χ4n) is 2.31. The molecule has 2 unspecified atom stereocenters. The number of rotatable bonds is 5. The van der Waals surface area contributed by atoms with Crippen LogP contribution >= 0.6 is 0 Å². The number of benzene rings is 1. The van der Waals surface area contributed by atoms with Crippen molar-refractivity contribution in [2.45, 2.75) is 44.5 Å². The zero-order valence-corrected chi connectivity index (χ0v) is 14.0. The van der Waals surface area contributed by atoms with Crippen molar-refractivity contribution in [3.63, 3.8) is 0 Å². The fourth-order valence-corrected chi connectivity index (χ4v) is 2.31. The maximum absolute atomic E-state index is 11.7. The standard InChI is InChI=1S/C17H22N2O5/c1-16(2,3)23-15(22)18-10-13-9-17(11-20,24-19-13)14(21)12-7-5-4-6-8-12/h4-8,11,14,21H,9-10H2,1-3H3,(H,18,22). The highest BCUT2D eigenvalue weighted by molar-refractivity contribution is 5.93. The molecule has 0 aliphatic carbocycles. The van der Waals surface area contributed by atoms with Crippen molar-refractivity contribution in [1.29, 1.82) is 0 Å². The number of nitrogens with one attached hydrogen (secondary N) is 1. The number of oxime groups is 1. The molecular formula is C17H22N2O5. The Labute approximate surface area is 140 Å². The zero-order chi connectivity index (χ0) is 17.8. The van der Waals surface area contributed by atoms with Crippen LogP contribution in [0.25, 0.3) is 0 Å². The fraction of sp³-hybridized carbons (Fsp3) is 0.471. The highest BCUT2D eigenvalue weighted by atomic mass is 16.7. The van der Waals surface area contributed by atoms with Crippen LogP contribution in [0.15, 0.2) is 35.5 Å². The van der Waals surface area contributed by atoms with Crippen LogP contribution in [0.1, 0.15) is 38.9 Å². The first-order valence-electron chi connectivity index (χ1n) is 7.66. The number of hydrogen-bond donors (Lipinski definition) is 2. The molecule has 2 N–H and O–H groups in total. The molecule has 1 heterocycles. The minimum atomic E-state index is -1.48. The van der Waals surface area contributed by atoms with Crippen molar-refractivity contribution >= 4 is 18.1 Å². The Morgan fingerprint density at radius 3 is 2.71 bits per heavy atom. The van der Waals surface area contributed by atoms with E-state index in [0.29, 0.717) is 17.6 Å². The molecular weight excluding hydrogens is 312 g/mol. The van der Waals surface area contributed by atoms with Crippen molar-refractivity contribution in [3.8, 4) is 0 Å². The van der Waals surface area contributed by atoms with Crippen LogP contribution in [0, 0.1) is 0 Å². The quantitative estimate of drug-likeness (QED) is 0.802. The van der Waals surface area contributed by atoms with Crippen LogP contribution in [-0.4, -0.2) is 40.9 Å². The summed E-state index contributed by atoms with van der Waals surface area (Å²) in [6, 6.07) is 8.74. The van der Waals surface area contributed by atoms with Gasteiger partial charge in [-0.1, -0.05) is 35.5 Å². The molecule has 0 bridgehead atoms. The van der Waals surface area contributed by atoms with Crippen LogP contribution in [-0.2, 0) is 14.4 Å². The second kappa shape index (κ2) is 7.00. The number of carbonyl (C=O) groups excluding carboxylic acids is 2. The maximum Gasteiger partial charge on any atom is 0.407 e. The van der Waals surface area contributed by atoms with Gasteiger partial charge in [0.1, 0.15) is 11.7 Å². The molecule has 130 valence electrons. The Kier molecular flexibility index (Phi) is 5.23. The molecule has 7 nitrogen and oxygen atoms in total. The van der Waals surface area contributed by atoms with Gasteiger partial charge in [-0.15, -0.1) is 0 Å². The number of alkyl carbamates (subject to hydrolysis) is 1. The largest absolute Gasteiger partial charge is 0.444 e. The lowest BCUT2D eigenvalue weighted by atomic mass is 9.88. The molecule has 0 radical (unpaired) electrons.